The number of aromatic carboxylic acids is 1. The number of pyridine rings is 1. The van der Waals surface area contributed by atoms with E-state index in [2.05, 4.69) is 27.4 Å². The fourth-order valence-corrected chi connectivity index (χ4v) is 1.58. The summed E-state index contributed by atoms with van der Waals surface area (Å²) in [6.07, 6.45) is 3.75. The van der Waals surface area contributed by atoms with Crippen LogP contribution in [0.4, 0.5) is 5.69 Å². The van der Waals surface area contributed by atoms with Crippen molar-refractivity contribution in [3.05, 3.63) is 18.0 Å². The van der Waals surface area contributed by atoms with Gasteiger partial charge in [-0.15, -0.1) is 0 Å². The second-order valence-electron chi connectivity index (χ2n) is 3.77. The average Bonchev–Trinajstić information content (AvgIpc) is 2.77. The molecule has 3 N–H and O–H groups in total. The Morgan fingerprint density at radius 3 is 3.12 bits per heavy atom. The predicted molar refractivity (Wildman–Crippen MR) is 64.2 cm³/mol. The van der Waals surface area contributed by atoms with Gasteiger partial charge in [0.25, 0.3) is 0 Å². The molecule has 2 aromatic rings. The zero-order valence-electron chi connectivity index (χ0n) is 9.53. The molecule has 6 nitrogen and oxygen atoms in total. The van der Waals surface area contributed by atoms with Gasteiger partial charge in [-0.2, -0.15) is 5.10 Å². The lowest BCUT2D eigenvalue weighted by molar-refractivity contribution is 0.0691. The number of nitrogens with zero attached hydrogens (tertiary/aromatic N) is 2. The molecule has 0 amide bonds. The third kappa shape index (κ3) is 2.35. The summed E-state index contributed by atoms with van der Waals surface area (Å²) < 4.78 is 0. The number of hydrogen-bond acceptors (Lipinski definition) is 4. The molecule has 17 heavy (non-hydrogen) atoms. The van der Waals surface area contributed by atoms with Gasteiger partial charge in [-0.1, -0.05) is 13.3 Å². The number of H-pyrrole nitrogens is 1. The fraction of sp³-hybridized carbons (Fsp3) is 0.364. The Morgan fingerprint density at radius 1 is 1.59 bits per heavy atom. The molecule has 0 saturated heterocycles. The number of carbonyl (C=O) groups is 1. The molecule has 2 rings (SSSR count). The molecule has 0 unspecified atom stereocenters. The van der Waals surface area contributed by atoms with E-state index in [-0.39, 0.29) is 5.69 Å². The number of carboxylic acid groups (broad SMARTS) is 1. The third-order valence-corrected chi connectivity index (χ3v) is 2.49. The first-order valence-corrected chi connectivity index (χ1v) is 5.53. The quantitative estimate of drug-likeness (QED) is 0.687. The summed E-state index contributed by atoms with van der Waals surface area (Å²) in [4.78, 5) is 14.9. The molecular formula is C11H14N4O2. The van der Waals surface area contributed by atoms with Crippen molar-refractivity contribution in [3.8, 4) is 0 Å². The molecule has 6 heteroatoms. The average molecular weight is 234 g/mol. The van der Waals surface area contributed by atoms with E-state index in [0.29, 0.717) is 5.65 Å². The lowest BCUT2D eigenvalue weighted by Crippen LogP contribution is -2.05. The lowest BCUT2D eigenvalue weighted by atomic mass is 10.2. The van der Waals surface area contributed by atoms with E-state index in [1.165, 1.54) is 6.07 Å². The van der Waals surface area contributed by atoms with E-state index >= 15 is 0 Å². The SMILES string of the molecule is CCCCNc1cc(C(=O)O)nc2[nH]ncc12. The number of rotatable bonds is 5. The predicted octanol–water partition coefficient (Wildman–Crippen LogP) is 1.87. The van der Waals surface area contributed by atoms with Gasteiger partial charge in [-0.25, -0.2) is 9.78 Å². The summed E-state index contributed by atoms with van der Waals surface area (Å²) in [5.41, 5.74) is 1.26. The van der Waals surface area contributed by atoms with Crippen LogP contribution in [-0.2, 0) is 0 Å². The molecule has 0 atom stereocenters. The minimum Gasteiger partial charge on any atom is -0.477 e. The van der Waals surface area contributed by atoms with Gasteiger partial charge in [0.2, 0.25) is 0 Å². The van der Waals surface area contributed by atoms with Crippen LogP contribution in [0.2, 0.25) is 0 Å². The molecule has 0 fully saturated rings. The molecule has 0 spiro atoms. The standard InChI is InChI=1S/C11H14N4O2/c1-2-3-4-12-8-5-9(11(16)17)14-10-7(8)6-13-15-10/h5-6H,2-4H2,1H3,(H,16,17)(H2,12,13,14,15). The highest BCUT2D eigenvalue weighted by Crippen LogP contribution is 2.21. The van der Waals surface area contributed by atoms with Gasteiger partial charge in [-0.3, -0.25) is 5.10 Å². The third-order valence-electron chi connectivity index (χ3n) is 2.49. The Kier molecular flexibility index (Phi) is 3.22. The van der Waals surface area contributed by atoms with Gasteiger partial charge in [-0.05, 0) is 12.5 Å². The zero-order valence-corrected chi connectivity index (χ0v) is 9.53. The highest BCUT2D eigenvalue weighted by Gasteiger charge is 2.11. The Hall–Kier alpha value is -2.11. The number of hydrogen-bond donors (Lipinski definition) is 3. The first-order chi connectivity index (χ1) is 8.22. The fourth-order valence-electron chi connectivity index (χ4n) is 1.58. The topological polar surface area (TPSA) is 90.9 Å². The van der Waals surface area contributed by atoms with Crippen LogP contribution in [0, 0.1) is 0 Å². The van der Waals surface area contributed by atoms with Crippen LogP contribution >= 0.6 is 0 Å². The van der Waals surface area contributed by atoms with E-state index in [0.717, 1.165) is 30.5 Å². The van der Waals surface area contributed by atoms with Crippen LogP contribution < -0.4 is 5.32 Å². The maximum absolute atomic E-state index is 10.9. The Morgan fingerprint density at radius 2 is 2.41 bits per heavy atom. The largest absolute Gasteiger partial charge is 0.477 e. The molecule has 0 aliphatic carbocycles. The highest BCUT2D eigenvalue weighted by molar-refractivity contribution is 5.95. The number of nitrogens with one attached hydrogen (secondary N) is 2. The van der Waals surface area contributed by atoms with Gasteiger partial charge in [0.05, 0.1) is 11.6 Å². The molecule has 2 heterocycles. The van der Waals surface area contributed by atoms with Crippen molar-refractivity contribution in [1.29, 1.82) is 0 Å². The molecule has 0 bridgehead atoms. The molecule has 0 aliphatic heterocycles. The van der Waals surface area contributed by atoms with Gasteiger partial charge in [0, 0.05) is 12.2 Å². The van der Waals surface area contributed by atoms with E-state index in [9.17, 15) is 4.79 Å². The Bertz CT molecular complexity index is 535. The van der Waals surface area contributed by atoms with Gasteiger partial charge in [0.1, 0.15) is 0 Å². The van der Waals surface area contributed by atoms with Crippen molar-refractivity contribution in [2.24, 2.45) is 0 Å². The first kappa shape index (κ1) is 11.4. The highest BCUT2D eigenvalue weighted by atomic mass is 16.4. The minimum atomic E-state index is -1.04. The Labute approximate surface area is 98.1 Å². The lowest BCUT2D eigenvalue weighted by Gasteiger charge is -2.07. The van der Waals surface area contributed by atoms with Gasteiger partial charge < -0.3 is 10.4 Å². The van der Waals surface area contributed by atoms with Crippen molar-refractivity contribution >= 4 is 22.7 Å². The molecule has 2 aromatic heterocycles. The van der Waals surface area contributed by atoms with Crippen LogP contribution in [0.25, 0.3) is 11.0 Å². The number of anilines is 1. The van der Waals surface area contributed by atoms with Crippen LogP contribution in [0.3, 0.4) is 0 Å². The molecular weight excluding hydrogens is 220 g/mol. The van der Waals surface area contributed by atoms with E-state index in [1.807, 2.05) is 0 Å². The van der Waals surface area contributed by atoms with E-state index < -0.39 is 5.97 Å². The molecule has 0 aromatic carbocycles. The van der Waals surface area contributed by atoms with Crippen molar-refractivity contribution in [2.75, 3.05) is 11.9 Å². The molecule has 0 aliphatic rings. The van der Waals surface area contributed by atoms with Gasteiger partial charge in [0.15, 0.2) is 11.3 Å². The van der Waals surface area contributed by atoms with Crippen LogP contribution in [0.1, 0.15) is 30.3 Å². The van der Waals surface area contributed by atoms with Crippen LogP contribution in [-0.4, -0.2) is 32.8 Å². The normalized spacial score (nSPS) is 10.6. The minimum absolute atomic E-state index is 0.0146. The van der Waals surface area contributed by atoms with Crippen LogP contribution in [0.5, 0.6) is 0 Å². The molecule has 0 radical (unpaired) electrons. The molecule has 0 saturated carbocycles. The number of unbranched alkanes of at least 4 members (excludes halogenated alkanes) is 1. The number of carboxylic acids is 1. The zero-order chi connectivity index (χ0) is 12.3. The summed E-state index contributed by atoms with van der Waals surface area (Å²) in [7, 11) is 0. The second kappa shape index (κ2) is 4.82. The number of aromatic amines is 1. The number of aromatic nitrogens is 3. The summed E-state index contributed by atoms with van der Waals surface area (Å²) in [5, 5.41) is 19.5. The first-order valence-electron chi connectivity index (χ1n) is 5.53. The monoisotopic (exact) mass is 234 g/mol. The van der Waals surface area contributed by atoms with Crippen molar-refractivity contribution in [3.63, 3.8) is 0 Å². The van der Waals surface area contributed by atoms with Crippen LogP contribution in [0.15, 0.2) is 12.3 Å². The maximum Gasteiger partial charge on any atom is 0.354 e. The smallest absolute Gasteiger partial charge is 0.354 e. The summed E-state index contributed by atoms with van der Waals surface area (Å²) in [5.74, 6) is -1.04. The summed E-state index contributed by atoms with van der Waals surface area (Å²) >= 11 is 0. The maximum atomic E-state index is 10.9. The Balaban J connectivity index is 2.36. The van der Waals surface area contributed by atoms with Gasteiger partial charge >= 0.3 is 5.97 Å². The molecule has 90 valence electrons. The van der Waals surface area contributed by atoms with E-state index in [4.69, 9.17) is 5.11 Å². The van der Waals surface area contributed by atoms with Crippen molar-refractivity contribution < 1.29 is 9.90 Å². The summed E-state index contributed by atoms with van der Waals surface area (Å²) in [6, 6.07) is 1.54. The van der Waals surface area contributed by atoms with E-state index in [1.54, 1.807) is 6.20 Å². The summed E-state index contributed by atoms with van der Waals surface area (Å²) in [6.45, 7) is 2.91. The second-order valence-corrected chi connectivity index (χ2v) is 3.77. The number of fused-ring (bicyclic) bond motifs is 1. The van der Waals surface area contributed by atoms with Crippen molar-refractivity contribution in [1.82, 2.24) is 15.2 Å². The van der Waals surface area contributed by atoms with Crippen molar-refractivity contribution in [2.45, 2.75) is 19.8 Å².